The van der Waals surface area contributed by atoms with Crippen LogP contribution in [0.5, 0.6) is 0 Å². The number of hydrogen-bond donors (Lipinski definition) is 2. The number of nitrogens with zero attached hydrogens (tertiary/aromatic N) is 2. The van der Waals surface area contributed by atoms with Crippen molar-refractivity contribution in [2.24, 2.45) is 0 Å². The molecule has 0 bridgehead atoms. The normalized spacial score (nSPS) is 10.4. The molecule has 0 unspecified atom stereocenters. The molecule has 2 aromatic heterocycles. The number of aromatic amines is 1. The summed E-state index contributed by atoms with van der Waals surface area (Å²) in [6.07, 6.45) is 1.50. The van der Waals surface area contributed by atoms with Gasteiger partial charge in [-0.15, -0.1) is 0 Å². The van der Waals surface area contributed by atoms with Gasteiger partial charge in [-0.1, -0.05) is 23.4 Å². The van der Waals surface area contributed by atoms with E-state index in [-0.39, 0.29) is 23.9 Å². The van der Waals surface area contributed by atoms with Gasteiger partial charge in [0, 0.05) is 23.4 Å². The van der Waals surface area contributed by atoms with Crippen LogP contribution in [-0.2, 0) is 6.54 Å². The highest BCUT2D eigenvalue weighted by atomic mass is 16.5. The van der Waals surface area contributed by atoms with Crippen molar-refractivity contribution in [1.82, 2.24) is 20.4 Å². The maximum absolute atomic E-state index is 11.9. The topological polar surface area (TPSA) is 101 Å². The van der Waals surface area contributed by atoms with Crippen LogP contribution in [0.2, 0.25) is 0 Å². The predicted octanol–water partition coefficient (Wildman–Crippen LogP) is 1.35. The fourth-order valence-corrected chi connectivity index (χ4v) is 1.88. The van der Waals surface area contributed by atoms with E-state index in [0.29, 0.717) is 17.0 Å². The van der Waals surface area contributed by atoms with Crippen LogP contribution in [0, 0.1) is 0 Å². The lowest BCUT2D eigenvalue weighted by Gasteiger charge is -2.01. The van der Waals surface area contributed by atoms with Crippen molar-refractivity contribution >= 4 is 5.91 Å². The second-order valence-corrected chi connectivity index (χ2v) is 4.50. The molecule has 0 saturated heterocycles. The van der Waals surface area contributed by atoms with E-state index in [1.54, 1.807) is 30.3 Å². The number of pyridine rings is 1. The smallest absolute Gasteiger partial charge is 0.251 e. The molecule has 2 heterocycles. The summed E-state index contributed by atoms with van der Waals surface area (Å²) in [5.41, 5.74) is 0.853. The Balaban J connectivity index is 1.68. The van der Waals surface area contributed by atoms with Gasteiger partial charge >= 0.3 is 0 Å². The van der Waals surface area contributed by atoms with Gasteiger partial charge < -0.3 is 14.8 Å². The van der Waals surface area contributed by atoms with E-state index < -0.39 is 0 Å². The number of carbonyl (C=O) groups excluding carboxylic acids is 1. The molecule has 3 aromatic rings. The third-order valence-electron chi connectivity index (χ3n) is 2.94. The van der Waals surface area contributed by atoms with E-state index in [0.717, 1.165) is 0 Å². The zero-order chi connectivity index (χ0) is 15.4. The number of H-pyrrole nitrogens is 1. The van der Waals surface area contributed by atoms with E-state index in [4.69, 9.17) is 4.52 Å². The third-order valence-corrected chi connectivity index (χ3v) is 2.94. The first-order valence-corrected chi connectivity index (χ1v) is 6.57. The molecule has 0 saturated carbocycles. The summed E-state index contributed by atoms with van der Waals surface area (Å²) in [7, 11) is 0. The van der Waals surface area contributed by atoms with Gasteiger partial charge in [0.1, 0.15) is 0 Å². The van der Waals surface area contributed by atoms with Gasteiger partial charge in [-0.25, -0.2) is 0 Å². The van der Waals surface area contributed by atoms with Crippen LogP contribution in [-0.4, -0.2) is 21.0 Å². The molecular formula is C15H12N4O3. The maximum atomic E-state index is 11.9. The first-order valence-electron chi connectivity index (χ1n) is 6.57. The molecule has 2 N–H and O–H groups in total. The van der Waals surface area contributed by atoms with Crippen molar-refractivity contribution in [3.63, 3.8) is 0 Å². The van der Waals surface area contributed by atoms with Crippen LogP contribution >= 0.6 is 0 Å². The first-order chi connectivity index (χ1) is 10.7. The Kier molecular flexibility index (Phi) is 3.78. The Morgan fingerprint density at radius 2 is 2.05 bits per heavy atom. The van der Waals surface area contributed by atoms with Gasteiger partial charge in [-0.2, -0.15) is 4.98 Å². The molecule has 7 nitrogen and oxygen atoms in total. The lowest BCUT2D eigenvalue weighted by atomic mass is 10.2. The largest absolute Gasteiger partial charge is 0.343 e. The van der Waals surface area contributed by atoms with Crippen LogP contribution in [0.15, 0.2) is 58.0 Å². The zero-order valence-corrected chi connectivity index (χ0v) is 11.4. The molecule has 7 heteroatoms. The summed E-state index contributed by atoms with van der Waals surface area (Å²) in [6.45, 7) is 0.115. The number of carbonyl (C=O) groups is 1. The molecule has 22 heavy (non-hydrogen) atoms. The molecular weight excluding hydrogens is 284 g/mol. The van der Waals surface area contributed by atoms with Crippen LogP contribution in [0.4, 0.5) is 0 Å². The van der Waals surface area contributed by atoms with Crippen molar-refractivity contribution in [3.8, 4) is 11.4 Å². The molecule has 1 aromatic carbocycles. The Morgan fingerprint density at radius 3 is 2.82 bits per heavy atom. The van der Waals surface area contributed by atoms with Gasteiger partial charge in [-0.05, 0) is 18.2 Å². The summed E-state index contributed by atoms with van der Waals surface area (Å²) >= 11 is 0. The van der Waals surface area contributed by atoms with Crippen molar-refractivity contribution < 1.29 is 9.32 Å². The lowest BCUT2D eigenvalue weighted by molar-refractivity contribution is 0.0946. The fraction of sp³-hybridized carbons (Fsp3) is 0.0667. The summed E-state index contributed by atoms with van der Waals surface area (Å²) in [4.78, 5) is 29.8. The average Bonchev–Trinajstić information content (AvgIpc) is 3.02. The second kappa shape index (κ2) is 6.04. The van der Waals surface area contributed by atoms with Gasteiger partial charge in [0.05, 0.1) is 6.54 Å². The van der Waals surface area contributed by atoms with E-state index in [1.807, 2.05) is 6.07 Å². The molecule has 3 rings (SSSR count). The number of aromatic nitrogens is 3. The van der Waals surface area contributed by atoms with Crippen LogP contribution in [0.1, 0.15) is 16.2 Å². The van der Waals surface area contributed by atoms with Gasteiger partial charge in [0.2, 0.25) is 17.3 Å². The minimum absolute atomic E-state index is 0.115. The second-order valence-electron chi connectivity index (χ2n) is 4.50. The molecule has 0 atom stereocenters. The van der Waals surface area contributed by atoms with Crippen molar-refractivity contribution in [2.75, 3.05) is 0 Å². The molecule has 0 aliphatic heterocycles. The highest BCUT2D eigenvalue weighted by Crippen LogP contribution is 2.12. The number of hydrogen-bond acceptors (Lipinski definition) is 5. The molecule has 0 aliphatic carbocycles. The Morgan fingerprint density at radius 1 is 1.23 bits per heavy atom. The summed E-state index contributed by atoms with van der Waals surface area (Å²) < 4.78 is 5.06. The monoisotopic (exact) mass is 296 g/mol. The van der Waals surface area contributed by atoms with E-state index >= 15 is 0 Å². The lowest BCUT2D eigenvalue weighted by Crippen LogP contribution is -2.22. The fourth-order valence-electron chi connectivity index (χ4n) is 1.88. The van der Waals surface area contributed by atoms with Crippen LogP contribution < -0.4 is 10.9 Å². The first kappa shape index (κ1) is 13.7. The Labute approximate surface area is 125 Å². The quantitative estimate of drug-likeness (QED) is 0.757. The standard InChI is InChI=1S/C15H12N4O3/c20-12-8-11(6-7-16-12)14-18-13(22-19-14)9-17-15(21)10-4-2-1-3-5-10/h1-8H,9H2,(H,16,20)(H,17,21). The third kappa shape index (κ3) is 3.09. The molecule has 0 spiro atoms. The van der Waals surface area contributed by atoms with Gasteiger partial charge in [-0.3, -0.25) is 9.59 Å². The Bertz CT molecular complexity index is 839. The van der Waals surface area contributed by atoms with E-state index in [9.17, 15) is 9.59 Å². The van der Waals surface area contributed by atoms with Crippen molar-refractivity contribution in [1.29, 1.82) is 0 Å². The minimum atomic E-state index is -0.249. The molecule has 110 valence electrons. The molecule has 0 fully saturated rings. The summed E-state index contributed by atoms with van der Waals surface area (Å²) in [5.74, 6) is 0.339. The number of amides is 1. The Hall–Kier alpha value is -3.22. The highest BCUT2D eigenvalue weighted by Gasteiger charge is 2.11. The number of benzene rings is 1. The zero-order valence-electron chi connectivity index (χ0n) is 11.4. The maximum Gasteiger partial charge on any atom is 0.251 e. The highest BCUT2D eigenvalue weighted by molar-refractivity contribution is 5.93. The van der Waals surface area contributed by atoms with Crippen molar-refractivity contribution in [3.05, 3.63) is 70.5 Å². The molecule has 0 aliphatic rings. The van der Waals surface area contributed by atoms with Crippen molar-refractivity contribution in [2.45, 2.75) is 6.54 Å². The summed E-state index contributed by atoms with van der Waals surface area (Å²) in [6, 6.07) is 11.9. The SMILES string of the molecule is O=C(NCc1nc(-c2cc[nH]c(=O)c2)no1)c1ccccc1. The summed E-state index contributed by atoms with van der Waals surface area (Å²) in [5, 5.41) is 6.48. The number of rotatable bonds is 4. The molecule has 1 amide bonds. The van der Waals surface area contributed by atoms with Gasteiger partial charge in [0.25, 0.3) is 5.91 Å². The van der Waals surface area contributed by atoms with E-state index in [2.05, 4.69) is 20.4 Å². The number of nitrogens with one attached hydrogen (secondary N) is 2. The predicted molar refractivity (Wildman–Crippen MR) is 78.0 cm³/mol. The van der Waals surface area contributed by atoms with Crippen LogP contribution in [0.3, 0.4) is 0 Å². The minimum Gasteiger partial charge on any atom is -0.343 e. The van der Waals surface area contributed by atoms with E-state index in [1.165, 1.54) is 12.3 Å². The average molecular weight is 296 g/mol. The molecule has 0 radical (unpaired) electrons. The van der Waals surface area contributed by atoms with Crippen LogP contribution in [0.25, 0.3) is 11.4 Å². The van der Waals surface area contributed by atoms with Gasteiger partial charge in [0.15, 0.2) is 0 Å².